The lowest BCUT2D eigenvalue weighted by atomic mass is 10.1. The van der Waals surface area contributed by atoms with Crippen molar-refractivity contribution >= 4 is 50.6 Å². The molecule has 2 amide bonds. The minimum atomic E-state index is -4.10. The highest BCUT2D eigenvalue weighted by molar-refractivity contribution is 7.91. The second-order valence-corrected chi connectivity index (χ2v) is 11.2. The van der Waals surface area contributed by atoms with Gasteiger partial charge in [0.2, 0.25) is 9.84 Å². The number of anilines is 2. The maximum atomic E-state index is 13.8. The topological polar surface area (TPSA) is 130 Å². The number of carbonyl (C=O) groups excluding carboxylic acids is 2. The molecule has 0 spiro atoms. The van der Waals surface area contributed by atoms with Crippen LogP contribution < -0.4 is 15.0 Å². The van der Waals surface area contributed by atoms with Crippen molar-refractivity contribution in [1.82, 2.24) is 0 Å². The second kappa shape index (κ2) is 10.8. The van der Waals surface area contributed by atoms with Crippen LogP contribution in [0.5, 0.6) is 5.75 Å². The van der Waals surface area contributed by atoms with Crippen molar-refractivity contribution in [3.63, 3.8) is 0 Å². The van der Waals surface area contributed by atoms with E-state index >= 15 is 0 Å². The van der Waals surface area contributed by atoms with Gasteiger partial charge in [0.05, 0.1) is 27.6 Å². The number of sulfone groups is 1. The van der Waals surface area contributed by atoms with Gasteiger partial charge in [0.15, 0.2) is 6.61 Å². The first-order chi connectivity index (χ1) is 19.1. The van der Waals surface area contributed by atoms with Crippen molar-refractivity contribution in [3.8, 4) is 5.75 Å². The van der Waals surface area contributed by atoms with Gasteiger partial charge in [-0.1, -0.05) is 35.9 Å². The summed E-state index contributed by atoms with van der Waals surface area (Å²) in [5.74, 6) is -1.89. The molecule has 0 unspecified atom stereocenters. The number of carbonyl (C=O) groups is 3. The number of fused-ring (bicyclic) bond motifs is 2. The lowest BCUT2D eigenvalue weighted by Crippen LogP contribution is -2.30. The van der Waals surface area contributed by atoms with Crippen molar-refractivity contribution in [3.05, 3.63) is 113 Å². The van der Waals surface area contributed by atoms with Crippen LogP contribution in [0.4, 0.5) is 11.4 Å². The number of benzene rings is 4. The van der Waals surface area contributed by atoms with Crippen LogP contribution in [0.25, 0.3) is 0 Å². The third-order valence-corrected chi connectivity index (χ3v) is 8.25. The number of nitrogens with one attached hydrogen (secondary N) is 1. The molecule has 0 bridgehead atoms. The number of nitrogens with zero attached hydrogens (tertiary/aromatic N) is 1. The van der Waals surface area contributed by atoms with E-state index in [-0.39, 0.29) is 33.2 Å². The third-order valence-electron chi connectivity index (χ3n) is 6.16. The van der Waals surface area contributed by atoms with E-state index in [2.05, 4.69) is 5.32 Å². The van der Waals surface area contributed by atoms with E-state index in [0.717, 1.165) is 0 Å². The zero-order chi connectivity index (χ0) is 28.4. The Morgan fingerprint density at radius 2 is 1.65 bits per heavy atom. The fourth-order valence-electron chi connectivity index (χ4n) is 4.31. The summed E-state index contributed by atoms with van der Waals surface area (Å²) in [6.45, 7) is -0.489. The third kappa shape index (κ3) is 5.40. The number of ether oxygens (including phenoxy) is 1. The summed E-state index contributed by atoms with van der Waals surface area (Å²) in [5.41, 5.74) is 1.27. The Balaban J connectivity index is 1.52. The number of carboxylic acid groups (broad SMARTS) is 1. The molecule has 5 rings (SSSR count). The highest BCUT2D eigenvalue weighted by atomic mass is 35.5. The van der Waals surface area contributed by atoms with Gasteiger partial charge in [-0.3, -0.25) is 9.59 Å². The molecule has 0 aromatic heterocycles. The van der Waals surface area contributed by atoms with Gasteiger partial charge in [0, 0.05) is 16.3 Å². The van der Waals surface area contributed by atoms with Gasteiger partial charge in [-0.05, 0) is 72.3 Å². The fraction of sp³-hybridized carbons (Fsp3) is 0.0690. The average Bonchev–Trinajstić information content (AvgIpc) is 3.00. The SMILES string of the molecule is O=C(O)COc1ccc(NC(=O)c2ccc3c(c2)N(Cc2cccc(Cl)c2)C(=O)c2ccccc2S3(=O)=O)cc1. The molecule has 40 heavy (non-hydrogen) atoms. The van der Waals surface area contributed by atoms with Crippen LogP contribution in [0.1, 0.15) is 26.3 Å². The number of hydrogen-bond donors (Lipinski definition) is 2. The first-order valence-corrected chi connectivity index (χ1v) is 13.8. The maximum absolute atomic E-state index is 13.8. The first-order valence-electron chi connectivity index (χ1n) is 11.9. The molecular weight excluding hydrogens is 556 g/mol. The van der Waals surface area contributed by atoms with Gasteiger partial charge in [-0.25, -0.2) is 13.2 Å². The van der Waals surface area contributed by atoms with E-state index in [1.54, 1.807) is 36.4 Å². The van der Waals surface area contributed by atoms with Crippen LogP contribution in [0.2, 0.25) is 5.02 Å². The van der Waals surface area contributed by atoms with Crippen LogP contribution in [0.15, 0.2) is 101 Å². The summed E-state index contributed by atoms with van der Waals surface area (Å²) in [4.78, 5) is 38.7. The zero-order valence-corrected chi connectivity index (χ0v) is 22.3. The molecule has 0 radical (unpaired) electrons. The molecule has 1 heterocycles. The average molecular weight is 577 g/mol. The first kappa shape index (κ1) is 26.9. The molecule has 11 heteroatoms. The molecule has 1 aliphatic heterocycles. The highest BCUT2D eigenvalue weighted by Crippen LogP contribution is 2.38. The summed E-state index contributed by atoms with van der Waals surface area (Å²) in [6.07, 6.45) is 0. The van der Waals surface area contributed by atoms with Crippen LogP contribution in [0, 0.1) is 0 Å². The number of aliphatic carboxylic acids is 1. The van der Waals surface area contributed by atoms with Crippen molar-refractivity contribution in [1.29, 1.82) is 0 Å². The van der Waals surface area contributed by atoms with Crippen LogP contribution in [0.3, 0.4) is 0 Å². The Morgan fingerprint density at radius 3 is 2.38 bits per heavy atom. The van der Waals surface area contributed by atoms with Gasteiger partial charge in [0.1, 0.15) is 5.75 Å². The normalized spacial score (nSPS) is 13.5. The van der Waals surface area contributed by atoms with Crippen LogP contribution >= 0.6 is 11.6 Å². The predicted molar refractivity (Wildman–Crippen MR) is 148 cm³/mol. The number of rotatable bonds is 7. The fourth-order valence-corrected chi connectivity index (χ4v) is 6.15. The highest BCUT2D eigenvalue weighted by Gasteiger charge is 2.36. The lowest BCUT2D eigenvalue weighted by molar-refractivity contribution is -0.139. The minimum absolute atomic E-state index is 0.0130. The molecule has 1 aliphatic rings. The molecule has 0 saturated carbocycles. The molecule has 0 saturated heterocycles. The van der Waals surface area contributed by atoms with Gasteiger partial charge >= 0.3 is 5.97 Å². The summed E-state index contributed by atoms with van der Waals surface area (Å²) >= 11 is 6.16. The van der Waals surface area contributed by atoms with Gasteiger partial charge < -0.3 is 20.1 Å². The van der Waals surface area contributed by atoms with Gasteiger partial charge in [0.25, 0.3) is 11.8 Å². The van der Waals surface area contributed by atoms with Crippen molar-refractivity contribution in [2.45, 2.75) is 16.3 Å². The van der Waals surface area contributed by atoms with Crippen molar-refractivity contribution in [2.24, 2.45) is 0 Å². The Morgan fingerprint density at radius 1 is 0.900 bits per heavy atom. The molecule has 4 aromatic carbocycles. The summed E-state index contributed by atoms with van der Waals surface area (Å²) in [5, 5.41) is 11.9. The van der Waals surface area contributed by atoms with Crippen LogP contribution in [-0.2, 0) is 21.2 Å². The Kier molecular flexibility index (Phi) is 7.29. The van der Waals surface area contributed by atoms with E-state index in [1.165, 1.54) is 59.5 Å². The molecule has 0 atom stereocenters. The van der Waals surface area contributed by atoms with E-state index in [1.807, 2.05) is 0 Å². The van der Waals surface area contributed by atoms with E-state index in [9.17, 15) is 22.8 Å². The summed E-state index contributed by atoms with van der Waals surface area (Å²) in [7, 11) is -4.10. The zero-order valence-electron chi connectivity index (χ0n) is 20.7. The Labute approximate surface area is 234 Å². The number of amides is 2. The molecule has 9 nitrogen and oxygen atoms in total. The number of hydrogen-bond acceptors (Lipinski definition) is 6. The Hall–Kier alpha value is -4.67. The molecule has 0 aliphatic carbocycles. The molecular formula is C29H21ClN2O7S. The lowest BCUT2D eigenvalue weighted by Gasteiger charge is -2.23. The molecule has 4 aromatic rings. The maximum Gasteiger partial charge on any atom is 0.341 e. The molecule has 202 valence electrons. The van der Waals surface area contributed by atoms with Crippen LogP contribution in [-0.4, -0.2) is 37.9 Å². The second-order valence-electron chi connectivity index (χ2n) is 8.86. The minimum Gasteiger partial charge on any atom is -0.482 e. The number of halogens is 1. The number of carboxylic acids is 1. The monoisotopic (exact) mass is 576 g/mol. The molecule has 2 N–H and O–H groups in total. The molecule has 0 fully saturated rings. The van der Waals surface area contributed by atoms with E-state index < -0.39 is 34.2 Å². The van der Waals surface area contributed by atoms with Crippen molar-refractivity contribution in [2.75, 3.05) is 16.8 Å². The Bertz CT molecular complexity index is 1750. The van der Waals surface area contributed by atoms with E-state index in [4.69, 9.17) is 21.4 Å². The quantitative estimate of drug-likeness (QED) is 0.315. The predicted octanol–water partition coefficient (Wildman–Crippen LogP) is 5.05. The van der Waals surface area contributed by atoms with Gasteiger partial charge in [-0.2, -0.15) is 0 Å². The summed E-state index contributed by atoms with van der Waals surface area (Å²) in [6, 6.07) is 23.0. The standard InChI is InChI=1S/C29H21ClN2O7S/c30-20-5-3-4-18(14-20)16-32-24-15-19(28(35)31-21-9-11-22(12-10-21)39-17-27(33)34)8-13-26(24)40(37,38)25-7-2-1-6-23(25)29(32)36/h1-15H,16-17H2,(H,31,35)(H,33,34). The van der Waals surface area contributed by atoms with E-state index in [0.29, 0.717) is 22.0 Å². The van der Waals surface area contributed by atoms with Gasteiger partial charge in [-0.15, -0.1) is 0 Å². The van der Waals surface area contributed by atoms with Crippen molar-refractivity contribution < 1.29 is 32.6 Å². The smallest absolute Gasteiger partial charge is 0.341 e. The largest absolute Gasteiger partial charge is 0.482 e. The summed E-state index contributed by atoms with van der Waals surface area (Å²) < 4.78 is 32.4.